The van der Waals surface area contributed by atoms with E-state index >= 15 is 0 Å². The van der Waals surface area contributed by atoms with Gasteiger partial charge in [0.05, 0.1) is 0 Å². The molecule has 2 rings (SSSR count). The molecule has 1 atom stereocenters. The van der Waals surface area contributed by atoms with Gasteiger partial charge in [0, 0.05) is 6.54 Å². The minimum Gasteiger partial charge on any atom is -0.351 e. The number of nitrogens with one attached hydrogen (secondary N) is 2. The zero-order valence-corrected chi connectivity index (χ0v) is 15.0. The molecule has 2 N–H and O–H groups in total. The van der Waals surface area contributed by atoms with Gasteiger partial charge in [0.2, 0.25) is 5.91 Å². The van der Waals surface area contributed by atoms with E-state index in [1.54, 1.807) is 37.4 Å². The molecule has 24 heavy (non-hydrogen) atoms. The molecule has 1 heterocycles. The van der Waals surface area contributed by atoms with Crippen molar-refractivity contribution in [3.63, 3.8) is 0 Å². The molecule has 1 aromatic carbocycles. The van der Waals surface area contributed by atoms with Gasteiger partial charge >= 0.3 is 0 Å². The summed E-state index contributed by atoms with van der Waals surface area (Å²) in [5.41, 5.74) is 0.730. The topological polar surface area (TPSA) is 75.3 Å². The SMILES string of the molecule is CC(C)C(NS(=O)(=O)c1cccs1)C(=O)NCc1ccc(F)cc1. The maximum absolute atomic E-state index is 12.9. The van der Waals surface area contributed by atoms with Gasteiger partial charge in [-0.15, -0.1) is 11.3 Å². The molecule has 0 bridgehead atoms. The first kappa shape index (κ1) is 18.6. The first-order valence-electron chi connectivity index (χ1n) is 7.37. The Hall–Kier alpha value is -1.77. The molecule has 0 saturated heterocycles. The molecular formula is C16H19FN2O3S2. The van der Waals surface area contributed by atoms with E-state index in [4.69, 9.17) is 0 Å². The third-order valence-electron chi connectivity index (χ3n) is 3.37. The third kappa shape index (κ3) is 4.86. The lowest BCUT2D eigenvalue weighted by atomic mass is 10.0. The van der Waals surface area contributed by atoms with Crippen LogP contribution < -0.4 is 10.0 Å². The van der Waals surface area contributed by atoms with Gasteiger partial charge in [-0.05, 0) is 35.1 Å². The molecule has 130 valence electrons. The maximum atomic E-state index is 12.9. The van der Waals surface area contributed by atoms with E-state index in [2.05, 4.69) is 10.0 Å². The number of carbonyl (C=O) groups excluding carboxylic acids is 1. The molecule has 2 aromatic rings. The van der Waals surface area contributed by atoms with E-state index in [0.717, 1.165) is 16.9 Å². The van der Waals surface area contributed by atoms with Gasteiger partial charge in [-0.25, -0.2) is 12.8 Å². The molecule has 1 unspecified atom stereocenters. The predicted octanol–water partition coefficient (Wildman–Crippen LogP) is 2.51. The van der Waals surface area contributed by atoms with Crippen LogP contribution in [-0.2, 0) is 21.4 Å². The quantitative estimate of drug-likeness (QED) is 0.786. The number of halogens is 1. The summed E-state index contributed by atoms with van der Waals surface area (Å²) in [5.74, 6) is -1.00. The van der Waals surface area contributed by atoms with Gasteiger partial charge in [0.25, 0.3) is 10.0 Å². The lowest BCUT2D eigenvalue weighted by Gasteiger charge is -2.21. The van der Waals surface area contributed by atoms with Crippen LogP contribution in [0, 0.1) is 11.7 Å². The van der Waals surface area contributed by atoms with Crippen molar-refractivity contribution in [3.8, 4) is 0 Å². The van der Waals surface area contributed by atoms with Gasteiger partial charge in [-0.2, -0.15) is 4.72 Å². The molecule has 0 radical (unpaired) electrons. The van der Waals surface area contributed by atoms with Gasteiger partial charge in [0.15, 0.2) is 0 Å². The van der Waals surface area contributed by atoms with Crippen LogP contribution in [0.3, 0.4) is 0 Å². The second-order valence-corrected chi connectivity index (χ2v) is 8.51. The monoisotopic (exact) mass is 370 g/mol. The summed E-state index contributed by atoms with van der Waals surface area (Å²) in [7, 11) is -3.74. The molecule has 0 fully saturated rings. The molecule has 8 heteroatoms. The van der Waals surface area contributed by atoms with E-state index in [1.807, 2.05) is 0 Å². The lowest BCUT2D eigenvalue weighted by molar-refractivity contribution is -0.123. The van der Waals surface area contributed by atoms with Crippen molar-refractivity contribution in [1.29, 1.82) is 0 Å². The highest BCUT2D eigenvalue weighted by Crippen LogP contribution is 2.17. The molecule has 5 nitrogen and oxygen atoms in total. The van der Waals surface area contributed by atoms with Gasteiger partial charge in [0.1, 0.15) is 16.1 Å². The normalized spacial score (nSPS) is 13.0. The number of hydrogen-bond donors (Lipinski definition) is 2. The van der Waals surface area contributed by atoms with Crippen molar-refractivity contribution in [2.24, 2.45) is 5.92 Å². The number of sulfonamides is 1. The second-order valence-electron chi connectivity index (χ2n) is 5.62. The van der Waals surface area contributed by atoms with Crippen molar-refractivity contribution in [3.05, 3.63) is 53.2 Å². The maximum Gasteiger partial charge on any atom is 0.250 e. The average Bonchev–Trinajstić information content (AvgIpc) is 3.07. The summed E-state index contributed by atoms with van der Waals surface area (Å²) < 4.78 is 40.1. The highest BCUT2D eigenvalue weighted by Gasteiger charge is 2.28. The summed E-state index contributed by atoms with van der Waals surface area (Å²) in [4.78, 5) is 12.4. The van der Waals surface area contributed by atoms with Crippen LogP contribution in [0.5, 0.6) is 0 Å². The number of rotatable bonds is 7. The van der Waals surface area contributed by atoms with Crippen LogP contribution in [0.15, 0.2) is 46.0 Å². The van der Waals surface area contributed by atoms with Crippen molar-refractivity contribution < 1.29 is 17.6 Å². The summed E-state index contributed by atoms with van der Waals surface area (Å²) >= 11 is 1.09. The first-order chi connectivity index (χ1) is 11.3. The Balaban J connectivity index is 2.04. The fourth-order valence-corrected chi connectivity index (χ4v) is 4.39. The van der Waals surface area contributed by atoms with Crippen LogP contribution in [0.4, 0.5) is 4.39 Å². The zero-order chi connectivity index (χ0) is 17.7. The molecule has 0 saturated carbocycles. The first-order valence-corrected chi connectivity index (χ1v) is 9.74. The molecule has 1 aromatic heterocycles. The van der Waals surface area contributed by atoms with Crippen LogP contribution in [-0.4, -0.2) is 20.4 Å². The van der Waals surface area contributed by atoms with Crippen LogP contribution >= 0.6 is 11.3 Å². The fraction of sp³-hybridized carbons (Fsp3) is 0.312. The second kappa shape index (κ2) is 7.87. The van der Waals surface area contributed by atoms with Crippen molar-refractivity contribution in [2.45, 2.75) is 30.6 Å². The summed E-state index contributed by atoms with van der Waals surface area (Å²) in [6.07, 6.45) is 0. The number of thiophene rings is 1. The predicted molar refractivity (Wildman–Crippen MR) is 91.5 cm³/mol. The summed E-state index contributed by atoms with van der Waals surface area (Å²) in [5, 5.41) is 4.34. The molecule has 0 aliphatic carbocycles. The van der Waals surface area contributed by atoms with E-state index in [-0.39, 0.29) is 22.5 Å². The Bertz CT molecular complexity index is 772. The van der Waals surface area contributed by atoms with E-state index < -0.39 is 22.0 Å². The Morgan fingerprint density at radius 3 is 2.42 bits per heavy atom. The summed E-state index contributed by atoms with van der Waals surface area (Å²) in [6.45, 7) is 3.72. The fourth-order valence-electron chi connectivity index (χ4n) is 2.04. The van der Waals surface area contributed by atoms with Crippen LogP contribution in [0.1, 0.15) is 19.4 Å². The number of benzene rings is 1. The van der Waals surface area contributed by atoms with E-state index in [9.17, 15) is 17.6 Å². The lowest BCUT2D eigenvalue weighted by Crippen LogP contribution is -2.49. The molecule has 0 aliphatic heterocycles. The Morgan fingerprint density at radius 1 is 1.21 bits per heavy atom. The van der Waals surface area contributed by atoms with E-state index in [1.165, 1.54) is 18.2 Å². The molecule has 1 amide bonds. The van der Waals surface area contributed by atoms with E-state index in [0.29, 0.717) is 0 Å². The van der Waals surface area contributed by atoms with Crippen molar-refractivity contribution >= 4 is 27.3 Å². The average molecular weight is 370 g/mol. The molecule has 0 aliphatic rings. The van der Waals surface area contributed by atoms with Crippen molar-refractivity contribution in [2.75, 3.05) is 0 Å². The van der Waals surface area contributed by atoms with Gasteiger partial charge in [-0.1, -0.05) is 32.0 Å². The highest BCUT2D eigenvalue weighted by atomic mass is 32.2. The van der Waals surface area contributed by atoms with Gasteiger partial charge in [-0.3, -0.25) is 4.79 Å². The third-order valence-corrected chi connectivity index (χ3v) is 6.21. The molecule has 0 spiro atoms. The molecular weight excluding hydrogens is 351 g/mol. The summed E-state index contributed by atoms with van der Waals surface area (Å²) in [6, 6.07) is 7.98. The highest BCUT2D eigenvalue weighted by molar-refractivity contribution is 7.91. The minimum absolute atomic E-state index is 0.166. The number of hydrogen-bond acceptors (Lipinski definition) is 4. The number of carbonyl (C=O) groups is 1. The Morgan fingerprint density at radius 2 is 1.88 bits per heavy atom. The van der Waals surface area contributed by atoms with Crippen LogP contribution in [0.2, 0.25) is 0 Å². The Labute approximate surface area is 145 Å². The van der Waals surface area contributed by atoms with Crippen molar-refractivity contribution in [1.82, 2.24) is 10.0 Å². The smallest absolute Gasteiger partial charge is 0.250 e. The zero-order valence-electron chi connectivity index (χ0n) is 13.3. The minimum atomic E-state index is -3.74. The van der Waals surface area contributed by atoms with Gasteiger partial charge < -0.3 is 5.32 Å². The standard InChI is InChI=1S/C16H19FN2O3S2/c1-11(2)15(19-24(21,22)14-4-3-9-23-14)16(20)18-10-12-5-7-13(17)8-6-12/h3-9,11,15,19H,10H2,1-2H3,(H,18,20). The van der Waals surface area contributed by atoms with Crippen LogP contribution in [0.25, 0.3) is 0 Å². The number of amides is 1. The largest absolute Gasteiger partial charge is 0.351 e. The Kier molecular flexibility index (Phi) is 6.09.